The number of primary amides is 1. The van der Waals surface area contributed by atoms with Gasteiger partial charge in [-0.1, -0.05) is 36.8 Å². The van der Waals surface area contributed by atoms with Crippen LogP contribution >= 0.6 is 0 Å². The minimum atomic E-state index is -0.185. The van der Waals surface area contributed by atoms with E-state index in [9.17, 15) is 4.79 Å². The third-order valence-electron chi connectivity index (χ3n) is 3.95. The molecule has 1 amide bonds. The number of benzene rings is 1. The lowest BCUT2D eigenvalue weighted by molar-refractivity contribution is -0.118. The Balaban J connectivity index is 1.98. The number of nitrogens with two attached hydrogens (primary N) is 1. The molecule has 0 aliphatic carbocycles. The molecule has 0 spiro atoms. The molecular formula is C16H24N2O. The van der Waals surface area contributed by atoms with Crippen LogP contribution in [0.4, 0.5) is 0 Å². The highest BCUT2D eigenvalue weighted by Gasteiger charge is 2.21. The van der Waals surface area contributed by atoms with Crippen LogP contribution < -0.4 is 5.73 Å². The summed E-state index contributed by atoms with van der Waals surface area (Å²) in [6, 6.07) is 11.0. The zero-order chi connectivity index (χ0) is 13.5. The summed E-state index contributed by atoms with van der Waals surface area (Å²) >= 11 is 0. The minimum absolute atomic E-state index is 0.185. The molecule has 0 bridgehead atoms. The van der Waals surface area contributed by atoms with Gasteiger partial charge in [0, 0.05) is 12.5 Å². The smallest absolute Gasteiger partial charge is 0.217 e. The van der Waals surface area contributed by atoms with Crippen molar-refractivity contribution < 1.29 is 4.79 Å². The number of nitrogens with zero attached hydrogens (tertiary/aromatic N) is 1. The summed E-state index contributed by atoms with van der Waals surface area (Å²) in [7, 11) is 0. The second kappa shape index (κ2) is 7.29. The molecule has 3 heteroatoms. The van der Waals surface area contributed by atoms with E-state index < -0.39 is 0 Å². The van der Waals surface area contributed by atoms with Crippen LogP contribution in [0.1, 0.15) is 37.7 Å². The number of rotatable bonds is 6. The van der Waals surface area contributed by atoms with E-state index in [1.165, 1.54) is 24.8 Å². The first-order valence-corrected chi connectivity index (χ1v) is 7.32. The molecule has 3 nitrogen and oxygen atoms in total. The molecule has 2 N–H and O–H groups in total. The van der Waals surface area contributed by atoms with E-state index in [1.54, 1.807) is 0 Å². The Morgan fingerprint density at radius 3 is 2.47 bits per heavy atom. The van der Waals surface area contributed by atoms with Crippen molar-refractivity contribution >= 4 is 5.91 Å². The molecule has 104 valence electrons. The van der Waals surface area contributed by atoms with E-state index in [0.717, 1.165) is 25.9 Å². The number of hydrogen-bond acceptors (Lipinski definition) is 2. The average Bonchev–Trinajstić information content (AvgIpc) is 2.45. The lowest BCUT2D eigenvalue weighted by Crippen LogP contribution is -2.41. The van der Waals surface area contributed by atoms with Crippen LogP contribution in [0.5, 0.6) is 0 Å². The fourth-order valence-corrected chi connectivity index (χ4v) is 2.89. The number of carbonyl (C=O) groups is 1. The molecule has 1 atom stereocenters. The first-order chi connectivity index (χ1) is 9.25. The molecule has 1 aromatic carbocycles. The molecule has 1 aliphatic heterocycles. The van der Waals surface area contributed by atoms with Crippen LogP contribution in [-0.4, -0.2) is 29.9 Å². The Morgan fingerprint density at radius 1 is 1.16 bits per heavy atom. The van der Waals surface area contributed by atoms with Gasteiger partial charge in [-0.2, -0.15) is 0 Å². The first-order valence-electron chi connectivity index (χ1n) is 7.32. The highest BCUT2D eigenvalue weighted by molar-refractivity contribution is 5.73. The van der Waals surface area contributed by atoms with Gasteiger partial charge in [-0.25, -0.2) is 0 Å². The van der Waals surface area contributed by atoms with Crippen molar-refractivity contribution in [2.24, 2.45) is 5.73 Å². The van der Waals surface area contributed by atoms with Crippen LogP contribution in [0.25, 0.3) is 0 Å². The van der Waals surface area contributed by atoms with Gasteiger partial charge in [0.2, 0.25) is 5.91 Å². The van der Waals surface area contributed by atoms with Crippen LogP contribution in [0.2, 0.25) is 0 Å². The van der Waals surface area contributed by atoms with Crippen molar-refractivity contribution in [2.75, 3.05) is 13.1 Å². The lowest BCUT2D eigenvalue weighted by atomic mass is 9.97. The maximum Gasteiger partial charge on any atom is 0.217 e. The highest BCUT2D eigenvalue weighted by Crippen LogP contribution is 2.19. The van der Waals surface area contributed by atoms with Gasteiger partial charge in [0.15, 0.2) is 0 Å². The van der Waals surface area contributed by atoms with Gasteiger partial charge < -0.3 is 10.6 Å². The number of carbonyl (C=O) groups excluding carboxylic acids is 1. The molecule has 1 aromatic rings. The minimum Gasteiger partial charge on any atom is -0.370 e. The molecule has 0 radical (unpaired) electrons. The number of amides is 1. The van der Waals surface area contributed by atoms with Gasteiger partial charge in [-0.05, 0) is 44.3 Å². The largest absolute Gasteiger partial charge is 0.370 e. The van der Waals surface area contributed by atoms with Crippen LogP contribution in [0.3, 0.4) is 0 Å². The van der Waals surface area contributed by atoms with Gasteiger partial charge in [0.25, 0.3) is 0 Å². The maximum atomic E-state index is 11.0. The Morgan fingerprint density at radius 2 is 1.84 bits per heavy atom. The standard InChI is InChI=1S/C16H24N2O/c17-16(19)10-9-15(18-11-5-2-6-12-18)13-14-7-3-1-4-8-14/h1,3-4,7-8,15H,2,5-6,9-13H2,(H2,17,19). The summed E-state index contributed by atoms with van der Waals surface area (Å²) in [5.41, 5.74) is 6.66. The number of piperidine rings is 1. The van der Waals surface area contributed by atoms with Crippen molar-refractivity contribution in [1.29, 1.82) is 0 Å². The predicted molar refractivity (Wildman–Crippen MR) is 77.8 cm³/mol. The normalized spacial score (nSPS) is 18.1. The van der Waals surface area contributed by atoms with E-state index in [0.29, 0.717) is 12.5 Å². The van der Waals surface area contributed by atoms with Crippen molar-refractivity contribution in [3.8, 4) is 0 Å². The van der Waals surface area contributed by atoms with E-state index in [1.807, 2.05) is 6.07 Å². The summed E-state index contributed by atoms with van der Waals surface area (Å²) < 4.78 is 0. The zero-order valence-electron chi connectivity index (χ0n) is 11.6. The Labute approximate surface area is 115 Å². The number of hydrogen-bond donors (Lipinski definition) is 1. The fraction of sp³-hybridized carbons (Fsp3) is 0.562. The summed E-state index contributed by atoms with van der Waals surface area (Å²) in [6.45, 7) is 2.33. The van der Waals surface area contributed by atoms with E-state index >= 15 is 0 Å². The van der Waals surface area contributed by atoms with E-state index in [-0.39, 0.29) is 5.91 Å². The summed E-state index contributed by atoms with van der Waals surface area (Å²) in [5.74, 6) is -0.185. The third-order valence-corrected chi connectivity index (χ3v) is 3.95. The van der Waals surface area contributed by atoms with Crippen molar-refractivity contribution in [3.05, 3.63) is 35.9 Å². The second-order valence-corrected chi connectivity index (χ2v) is 5.45. The third kappa shape index (κ3) is 4.67. The Hall–Kier alpha value is -1.35. The molecule has 1 heterocycles. The molecule has 1 unspecified atom stereocenters. The Kier molecular flexibility index (Phi) is 5.40. The monoisotopic (exact) mass is 260 g/mol. The Bertz CT molecular complexity index is 385. The van der Waals surface area contributed by atoms with Crippen LogP contribution in [0, 0.1) is 0 Å². The molecule has 0 saturated carbocycles. The first kappa shape index (κ1) is 14.1. The molecule has 0 aromatic heterocycles. The molecule has 2 rings (SSSR count). The fourth-order valence-electron chi connectivity index (χ4n) is 2.89. The molecule has 1 saturated heterocycles. The zero-order valence-corrected chi connectivity index (χ0v) is 11.6. The SMILES string of the molecule is NC(=O)CCC(Cc1ccccc1)N1CCCCC1. The van der Waals surface area contributed by atoms with Crippen LogP contribution in [0.15, 0.2) is 30.3 Å². The van der Waals surface area contributed by atoms with Gasteiger partial charge in [0.05, 0.1) is 0 Å². The second-order valence-electron chi connectivity index (χ2n) is 5.45. The predicted octanol–water partition coefficient (Wildman–Crippen LogP) is 2.35. The average molecular weight is 260 g/mol. The van der Waals surface area contributed by atoms with Gasteiger partial charge >= 0.3 is 0 Å². The van der Waals surface area contributed by atoms with Gasteiger partial charge in [-0.3, -0.25) is 4.79 Å². The highest BCUT2D eigenvalue weighted by atomic mass is 16.1. The van der Waals surface area contributed by atoms with E-state index in [4.69, 9.17) is 5.73 Å². The quantitative estimate of drug-likeness (QED) is 0.853. The van der Waals surface area contributed by atoms with Gasteiger partial charge in [0.1, 0.15) is 0 Å². The summed E-state index contributed by atoms with van der Waals surface area (Å²) in [4.78, 5) is 13.6. The molecular weight excluding hydrogens is 236 g/mol. The maximum absolute atomic E-state index is 11.0. The van der Waals surface area contributed by atoms with E-state index in [2.05, 4.69) is 29.2 Å². The van der Waals surface area contributed by atoms with Crippen molar-refractivity contribution in [3.63, 3.8) is 0 Å². The summed E-state index contributed by atoms with van der Waals surface area (Å²) in [6.07, 6.45) is 6.29. The molecule has 1 fully saturated rings. The van der Waals surface area contributed by atoms with Crippen LogP contribution in [-0.2, 0) is 11.2 Å². The van der Waals surface area contributed by atoms with Crippen molar-refractivity contribution in [1.82, 2.24) is 4.90 Å². The number of likely N-dealkylation sites (tertiary alicyclic amines) is 1. The summed E-state index contributed by atoms with van der Waals surface area (Å²) in [5, 5.41) is 0. The molecule has 1 aliphatic rings. The van der Waals surface area contributed by atoms with Gasteiger partial charge in [-0.15, -0.1) is 0 Å². The van der Waals surface area contributed by atoms with Crippen molar-refractivity contribution in [2.45, 2.75) is 44.6 Å². The topological polar surface area (TPSA) is 46.3 Å². The molecule has 19 heavy (non-hydrogen) atoms. The lowest BCUT2D eigenvalue weighted by Gasteiger charge is -2.34.